The third-order valence-corrected chi connectivity index (χ3v) is 1.62. The van der Waals surface area contributed by atoms with Crippen molar-refractivity contribution >= 4 is 11.8 Å². The summed E-state index contributed by atoms with van der Waals surface area (Å²) in [7, 11) is 4.01. The molecule has 0 aromatic carbocycles. The summed E-state index contributed by atoms with van der Waals surface area (Å²) in [6, 6.07) is 0. The Morgan fingerprint density at radius 3 is 2.07 bits per heavy atom. The van der Waals surface area contributed by atoms with Crippen molar-refractivity contribution < 1.29 is 19.3 Å². The molecule has 0 aliphatic rings. The van der Waals surface area contributed by atoms with E-state index in [1.807, 2.05) is 6.92 Å². The minimum absolute atomic E-state index is 0.374. The minimum Gasteiger partial charge on any atom is -0.274 e. The monoisotopic (exact) mass is 204 g/mol. The van der Waals surface area contributed by atoms with Gasteiger partial charge < -0.3 is 0 Å². The average Bonchev–Trinajstić information content (AvgIpc) is 2.22. The van der Waals surface area contributed by atoms with Gasteiger partial charge in [0.05, 0.1) is 14.2 Å². The molecule has 0 saturated carbocycles. The fourth-order valence-electron chi connectivity index (χ4n) is 0.803. The van der Waals surface area contributed by atoms with Gasteiger partial charge in [-0.25, -0.2) is 10.1 Å². The van der Waals surface area contributed by atoms with Crippen LogP contribution in [0.3, 0.4) is 0 Å². The molecule has 0 aliphatic heterocycles. The Hall–Kier alpha value is -1.14. The molecule has 6 heteroatoms. The zero-order valence-electron chi connectivity index (χ0n) is 8.94. The summed E-state index contributed by atoms with van der Waals surface area (Å²) in [5.74, 6) is -1.50. The van der Waals surface area contributed by atoms with Gasteiger partial charge in [0.15, 0.2) is 0 Å². The molecule has 0 unspecified atom stereocenters. The van der Waals surface area contributed by atoms with E-state index < -0.39 is 11.8 Å². The Labute approximate surface area is 83.3 Å². The zero-order chi connectivity index (χ0) is 11.1. The molecule has 0 heterocycles. The highest BCUT2D eigenvalue weighted by Crippen LogP contribution is 1.96. The molecule has 0 aromatic heterocycles. The molecule has 0 bridgehead atoms. The second-order valence-electron chi connectivity index (χ2n) is 2.58. The van der Waals surface area contributed by atoms with E-state index in [0.29, 0.717) is 13.0 Å². The third kappa shape index (κ3) is 3.31. The molecule has 0 rings (SSSR count). The van der Waals surface area contributed by atoms with Gasteiger partial charge in [-0.15, -0.1) is 0 Å². The van der Waals surface area contributed by atoms with Gasteiger partial charge in [0.2, 0.25) is 0 Å². The van der Waals surface area contributed by atoms with Crippen LogP contribution in [0.15, 0.2) is 0 Å². The van der Waals surface area contributed by atoms with Crippen molar-refractivity contribution in [3.05, 3.63) is 0 Å². The lowest BCUT2D eigenvalue weighted by molar-refractivity contribution is -0.196. The number of carbonyl (C=O) groups is 2. The largest absolute Gasteiger partial charge is 0.337 e. The van der Waals surface area contributed by atoms with Crippen LogP contribution in [-0.2, 0) is 19.3 Å². The van der Waals surface area contributed by atoms with Crippen molar-refractivity contribution in [3.8, 4) is 0 Å². The van der Waals surface area contributed by atoms with Crippen LogP contribution in [0.5, 0.6) is 0 Å². The van der Waals surface area contributed by atoms with Crippen LogP contribution in [0, 0.1) is 0 Å². The predicted molar refractivity (Wildman–Crippen MR) is 48.8 cm³/mol. The summed E-state index contributed by atoms with van der Waals surface area (Å²) in [6.07, 6.45) is 0.712. The van der Waals surface area contributed by atoms with E-state index >= 15 is 0 Å². The molecule has 82 valence electrons. The Bertz CT molecular complexity index is 208. The van der Waals surface area contributed by atoms with Crippen LogP contribution in [-0.4, -0.2) is 49.8 Å². The normalized spacial score (nSPS) is 9.71. The molecule has 0 spiro atoms. The highest BCUT2D eigenvalue weighted by molar-refractivity contribution is 6.34. The van der Waals surface area contributed by atoms with E-state index in [2.05, 4.69) is 4.84 Å². The zero-order valence-corrected chi connectivity index (χ0v) is 8.94. The van der Waals surface area contributed by atoms with Crippen LogP contribution < -0.4 is 0 Å². The number of hydroxylamine groups is 4. The molecule has 2 amide bonds. The summed E-state index contributed by atoms with van der Waals surface area (Å²) < 4.78 is 0. The molecule has 0 N–H and O–H groups in total. The molecule has 0 saturated heterocycles. The fraction of sp³-hybridized carbons (Fsp3) is 0.750. The van der Waals surface area contributed by atoms with Crippen LogP contribution in [0.4, 0.5) is 0 Å². The van der Waals surface area contributed by atoms with Crippen LogP contribution in [0.2, 0.25) is 0 Å². The number of amides is 2. The predicted octanol–water partition coefficient (Wildman–Crippen LogP) is -0.194. The maximum Gasteiger partial charge on any atom is 0.337 e. The van der Waals surface area contributed by atoms with Crippen LogP contribution in [0.25, 0.3) is 0 Å². The van der Waals surface area contributed by atoms with Gasteiger partial charge in [0.1, 0.15) is 0 Å². The first-order valence-electron chi connectivity index (χ1n) is 4.26. The number of carbonyl (C=O) groups excluding carboxylic acids is 2. The van der Waals surface area contributed by atoms with E-state index in [1.165, 1.54) is 21.3 Å². The standard InChI is InChI=1S/C8H16N2O4/c1-5-6-10(14-4)8(12)7(11)9(2)13-3/h5-6H2,1-4H3. The van der Waals surface area contributed by atoms with E-state index in [4.69, 9.17) is 4.84 Å². The number of hydrogen-bond donors (Lipinski definition) is 0. The highest BCUT2D eigenvalue weighted by Gasteiger charge is 2.24. The number of rotatable bonds is 4. The van der Waals surface area contributed by atoms with Crippen molar-refractivity contribution in [2.75, 3.05) is 27.8 Å². The second kappa shape index (κ2) is 6.33. The molecular weight excluding hydrogens is 188 g/mol. The average molecular weight is 204 g/mol. The Morgan fingerprint density at radius 2 is 1.71 bits per heavy atom. The number of nitrogens with zero attached hydrogens (tertiary/aromatic N) is 2. The number of hydrogen-bond acceptors (Lipinski definition) is 4. The first kappa shape index (κ1) is 12.9. The van der Waals surface area contributed by atoms with E-state index in [-0.39, 0.29) is 0 Å². The van der Waals surface area contributed by atoms with Gasteiger partial charge in [-0.2, -0.15) is 0 Å². The fourth-order valence-corrected chi connectivity index (χ4v) is 0.803. The Balaban J connectivity index is 4.34. The summed E-state index contributed by atoms with van der Waals surface area (Å²) >= 11 is 0. The summed E-state index contributed by atoms with van der Waals surface area (Å²) in [4.78, 5) is 32.0. The smallest absolute Gasteiger partial charge is 0.274 e. The van der Waals surface area contributed by atoms with Gasteiger partial charge in [0.25, 0.3) is 0 Å². The first-order valence-corrected chi connectivity index (χ1v) is 4.26. The van der Waals surface area contributed by atoms with E-state index in [9.17, 15) is 9.59 Å². The van der Waals surface area contributed by atoms with Crippen molar-refractivity contribution in [2.45, 2.75) is 13.3 Å². The molecule has 0 aromatic rings. The molecular formula is C8H16N2O4. The van der Waals surface area contributed by atoms with Gasteiger partial charge >= 0.3 is 11.8 Å². The van der Waals surface area contributed by atoms with Crippen LogP contribution >= 0.6 is 0 Å². The van der Waals surface area contributed by atoms with Crippen molar-refractivity contribution in [3.63, 3.8) is 0 Å². The lowest BCUT2D eigenvalue weighted by Gasteiger charge is -2.20. The van der Waals surface area contributed by atoms with Crippen molar-refractivity contribution in [1.82, 2.24) is 10.1 Å². The molecule has 14 heavy (non-hydrogen) atoms. The SMILES string of the molecule is CCCN(OC)C(=O)C(=O)N(C)OC. The molecule has 0 radical (unpaired) electrons. The van der Waals surface area contributed by atoms with Gasteiger partial charge in [-0.1, -0.05) is 6.92 Å². The Kier molecular flexibility index (Phi) is 5.82. The second-order valence-corrected chi connectivity index (χ2v) is 2.58. The van der Waals surface area contributed by atoms with Crippen molar-refractivity contribution in [2.24, 2.45) is 0 Å². The lowest BCUT2D eigenvalue weighted by Crippen LogP contribution is -2.43. The highest BCUT2D eigenvalue weighted by atomic mass is 16.7. The summed E-state index contributed by atoms with van der Waals surface area (Å²) in [5, 5.41) is 1.85. The summed E-state index contributed by atoms with van der Waals surface area (Å²) in [6.45, 7) is 2.25. The minimum atomic E-state index is -0.761. The molecule has 0 fully saturated rings. The third-order valence-electron chi connectivity index (χ3n) is 1.62. The van der Waals surface area contributed by atoms with Gasteiger partial charge in [-0.3, -0.25) is 19.3 Å². The maximum atomic E-state index is 11.4. The van der Waals surface area contributed by atoms with Crippen LogP contribution in [0.1, 0.15) is 13.3 Å². The van der Waals surface area contributed by atoms with E-state index in [1.54, 1.807) is 0 Å². The van der Waals surface area contributed by atoms with Gasteiger partial charge in [0, 0.05) is 13.6 Å². The number of likely N-dealkylation sites (N-methyl/N-ethyl adjacent to an activating group) is 1. The maximum absolute atomic E-state index is 11.4. The molecule has 6 nitrogen and oxygen atoms in total. The topological polar surface area (TPSA) is 59.1 Å². The lowest BCUT2D eigenvalue weighted by atomic mass is 10.4. The quantitative estimate of drug-likeness (QED) is 0.470. The van der Waals surface area contributed by atoms with Gasteiger partial charge in [-0.05, 0) is 6.42 Å². The summed E-state index contributed by atoms with van der Waals surface area (Å²) in [5.41, 5.74) is 0. The molecule has 0 aliphatic carbocycles. The van der Waals surface area contributed by atoms with E-state index in [0.717, 1.165) is 10.1 Å². The Morgan fingerprint density at radius 1 is 1.14 bits per heavy atom. The first-order chi connectivity index (χ1) is 6.58. The van der Waals surface area contributed by atoms with Crippen molar-refractivity contribution in [1.29, 1.82) is 0 Å². The molecule has 0 atom stereocenters.